The fourth-order valence-corrected chi connectivity index (χ4v) is 4.32. The second-order valence-corrected chi connectivity index (χ2v) is 9.88. The molecule has 0 bridgehead atoms. The maximum Gasteiger partial charge on any atom is 0.248 e. The smallest absolute Gasteiger partial charge is 0.248 e. The van der Waals surface area contributed by atoms with Crippen LogP contribution in [-0.4, -0.2) is 34.4 Å². The Labute approximate surface area is 207 Å². The summed E-state index contributed by atoms with van der Waals surface area (Å²) >= 11 is 0. The van der Waals surface area contributed by atoms with Crippen molar-refractivity contribution in [2.24, 2.45) is 0 Å². The fourth-order valence-electron chi connectivity index (χ4n) is 4.32. The van der Waals surface area contributed by atoms with E-state index in [2.05, 4.69) is 41.4 Å². The van der Waals surface area contributed by atoms with Gasteiger partial charge in [-0.15, -0.1) is 0 Å². The highest BCUT2D eigenvalue weighted by atomic mass is 16.2. The molecule has 7 nitrogen and oxygen atoms in total. The Kier molecular flexibility index (Phi) is 7.56. The molecular formula is C28H33N5O2. The third-order valence-electron chi connectivity index (χ3n) is 6.28. The summed E-state index contributed by atoms with van der Waals surface area (Å²) in [5, 5.41) is 6.28. The van der Waals surface area contributed by atoms with Gasteiger partial charge in [-0.2, -0.15) is 0 Å². The number of aromatic nitrogens is 2. The molecule has 2 N–H and O–H groups in total. The zero-order valence-corrected chi connectivity index (χ0v) is 20.6. The third-order valence-corrected chi connectivity index (χ3v) is 6.28. The Bertz CT molecular complexity index is 1120. The van der Waals surface area contributed by atoms with Crippen LogP contribution in [0.2, 0.25) is 0 Å². The average molecular weight is 472 g/mol. The van der Waals surface area contributed by atoms with E-state index in [-0.39, 0.29) is 29.8 Å². The van der Waals surface area contributed by atoms with Crippen molar-refractivity contribution in [3.05, 3.63) is 90.0 Å². The van der Waals surface area contributed by atoms with Crippen molar-refractivity contribution in [3.63, 3.8) is 0 Å². The van der Waals surface area contributed by atoms with Crippen molar-refractivity contribution in [3.8, 4) is 0 Å². The molecule has 4 rings (SSSR count). The third kappa shape index (κ3) is 5.92. The fraction of sp³-hybridized carbons (Fsp3) is 0.357. The standard InChI is InChI=1S/C28H33N5O2/c1-28(2,3)21-11-13-23(14-12-21)33(27(35)24-10-7-17-31-24)25(20-8-6-15-29-18-20)26(34)32-19-22-9-4-5-16-30-22/h4-6,8-9,11-16,18,24-25,31H,7,10,17,19H2,1-3H3,(H,32,34)/t24-,25?/m1/s1. The molecule has 1 aromatic carbocycles. The maximum absolute atomic E-state index is 13.9. The van der Waals surface area contributed by atoms with E-state index in [1.54, 1.807) is 29.6 Å². The molecule has 1 aliphatic rings. The van der Waals surface area contributed by atoms with Gasteiger partial charge in [0.25, 0.3) is 0 Å². The van der Waals surface area contributed by atoms with Gasteiger partial charge in [0.15, 0.2) is 0 Å². The molecule has 0 radical (unpaired) electrons. The molecule has 7 heteroatoms. The monoisotopic (exact) mass is 471 g/mol. The van der Waals surface area contributed by atoms with Gasteiger partial charge in [-0.3, -0.25) is 24.5 Å². The second-order valence-electron chi connectivity index (χ2n) is 9.88. The van der Waals surface area contributed by atoms with E-state index in [1.165, 1.54) is 0 Å². The van der Waals surface area contributed by atoms with Crippen molar-refractivity contribution < 1.29 is 9.59 Å². The Morgan fingerprint density at radius 3 is 2.49 bits per heavy atom. The predicted molar refractivity (Wildman–Crippen MR) is 137 cm³/mol. The van der Waals surface area contributed by atoms with Crippen LogP contribution in [0.25, 0.3) is 0 Å². The number of hydrogen-bond acceptors (Lipinski definition) is 5. The molecule has 2 amide bonds. The minimum atomic E-state index is -0.872. The molecule has 182 valence electrons. The largest absolute Gasteiger partial charge is 0.348 e. The van der Waals surface area contributed by atoms with Gasteiger partial charge in [-0.1, -0.05) is 45.0 Å². The zero-order valence-electron chi connectivity index (χ0n) is 20.6. The first-order valence-electron chi connectivity index (χ1n) is 12.1. The summed E-state index contributed by atoms with van der Waals surface area (Å²) in [5.74, 6) is -0.400. The van der Waals surface area contributed by atoms with Crippen LogP contribution in [0.15, 0.2) is 73.2 Å². The summed E-state index contributed by atoms with van der Waals surface area (Å²) in [7, 11) is 0. The van der Waals surface area contributed by atoms with Crippen molar-refractivity contribution in [1.82, 2.24) is 20.6 Å². The first kappa shape index (κ1) is 24.5. The Hall–Kier alpha value is -3.58. The van der Waals surface area contributed by atoms with Crippen LogP contribution >= 0.6 is 0 Å². The Morgan fingerprint density at radius 1 is 1.09 bits per heavy atom. The molecule has 1 saturated heterocycles. The van der Waals surface area contributed by atoms with E-state index >= 15 is 0 Å². The van der Waals surface area contributed by atoms with Gasteiger partial charge in [0.2, 0.25) is 11.8 Å². The SMILES string of the molecule is CC(C)(C)c1ccc(N(C(=O)[C@H]2CCCN2)C(C(=O)NCc2ccccn2)c2cccnc2)cc1. The second kappa shape index (κ2) is 10.8. The minimum Gasteiger partial charge on any atom is -0.348 e. The van der Waals surface area contributed by atoms with Gasteiger partial charge in [0, 0.05) is 29.8 Å². The molecule has 2 atom stereocenters. The van der Waals surface area contributed by atoms with E-state index in [9.17, 15) is 9.59 Å². The van der Waals surface area contributed by atoms with Crippen molar-refractivity contribution in [2.45, 2.75) is 57.7 Å². The number of rotatable bonds is 7. The van der Waals surface area contributed by atoms with Crippen LogP contribution < -0.4 is 15.5 Å². The van der Waals surface area contributed by atoms with E-state index < -0.39 is 6.04 Å². The minimum absolute atomic E-state index is 0.0246. The summed E-state index contributed by atoms with van der Waals surface area (Å²) in [6, 6.07) is 15.9. The molecule has 1 fully saturated rings. The summed E-state index contributed by atoms with van der Waals surface area (Å²) in [6.45, 7) is 7.50. The van der Waals surface area contributed by atoms with Crippen LogP contribution in [0.5, 0.6) is 0 Å². The number of anilines is 1. The average Bonchev–Trinajstić information content (AvgIpc) is 3.41. The molecule has 1 aliphatic heterocycles. The molecule has 0 spiro atoms. The van der Waals surface area contributed by atoms with Gasteiger partial charge in [-0.25, -0.2) is 0 Å². The molecule has 1 unspecified atom stereocenters. The van der Waals surface area contributed by atoms with Crippen LogP contribution in [0.3, 0.4) is 0 Å². The first-order valence-corrected chi connectivity index (χ1v) is 12.1. The maximum atomic E-state index is 13.9. The quantitative estimate of drug-likeness (QED) is 0.545. The summed E-state index contributed by atoms with van der Waals surface area (Å²) in [5.41, 5.74) is 3.21. The molecule has 3 aromatic rings. The molecule has 0 aliphatic carbocycles. The van der Waals surface area contributed by atoms with Gasteiger partial charge in [0.1, 0.15) is 6.04 Å². The van der Waals surface area contributed by atoms with Crippen LogP contribution in [0, 0.1) is 0 Å². The topological polar surface area (TPSA) is 87.2 Å². The van der Waals surface area contributed by atoms with Crippen LogP contribution in [-0.2, 0) is 21.5 Å². The lowest BCUT2D eigenvalue weighted by atomic mass is 9.87. The number of pyridine rings is 2. The van der Waals surface area contributed by atoms with E-state index in [4.69, 9.17) is 0 Å². The van der Waals surface area contributed by atoms with Gasteiger partial charge in [0.05, 0.1) is 18.3 Å². The first-order chi connectivity index (χ1) is 16.8. The summed E-state index contributed by atoms with van der Waals surface area (Å²) < 4.78 is 0. The number of amides is 2. The van der Waals surface area contributed by atoms with E-state index in [0.29, 0.717) is 11.3 Å². The van der Waals surface area contributed by atoms with Gasteiger partial charge >= 0.3 is 0 Å². The van der Waals surface area contributed by atoms with Gasteiger partial charge < -0.3 is 10.6 Å². The Balaban J connectivity index is 1.73. The van der Waals surface area contributed by atoms with Crippen molar-refractivity contribution in [1.29, 1.82) is 0 Å². The number of carbonyl (C=O) groups is 2. The molecule has 3 heterocycles. The highest BCUT2D eigenvalue weighted by Crippen LogP contribution is 2.32. The summed E-state index contributed by atoms with van der Waals surface area (Å²) in [4.78, 5) is 37.7. The summed E-state index contributed by atoms with van der Waals surface area (Å²) in [6.07, 6.45) is 6.67. The van der Waals surface area contributed by atoms with Crippen LogP contribution in [0.4, 0.5) is 5.69 Å². The lowest BCUT2D eigenvalue weighted by molar-refractivity contribution is -0.127. The van der Waals surface area contributed by atoms with E-state index in [0.717, 1.165) is 30.6 Å². The van der Waals surface area contributed by atoms with Crippen LogP contribution in [0.1, 0.15) is 56.5 Å². The predicted octanol–water partition coefficient (Wildman–Crippen LogP) is 3.92. The van der Waals surface area contributed by atoms with E-state index in [1.807, 2.05) is 48.5 Å². The number of nitrogens with zero attached hydrogens (tertiary/aromatic N) is 3. The Morgan fingerprint density at radius 2 is 1.89 bits per heavy atom. The van der Waals surface area contributed by atoms with Crippen molar-refractivity contribution >= 4 is 17.5 Å². The van der Waals surface area contributed by atoms with Gasteiger partial charge in [-0.05, 0) is 60.7 Å². The molecule has 0 saturated carbocycles. The number of benzene rings is 1. The normalized spacial score (nSPS) is 16.5. The number of nitrogens with one attached hydrogen (secondary N) is 2. The van der Waals surface area contributed by atoms with Crippen molar-refractivity contribution in [2.75, 3.05) is 11.4 Å². The number of hydrogen-bond donors (Lipinski definition) is 2. The molecule has 2 aromatic heterocycles. The lowest BCUT2D eigenvalue weighted by Gasteiger charge is -2.33. The highest BCUT2D eigenvalue weighted by molar-refractivity contribution is 6.03. The molecule has 35 heavy (non-hydrogen) atoms. The zero-order chi connectivity index (χ0) is 24.8. The lowest BCUT2D eigenvalue weighted by Crippen LogP contribution is -2.50. The highest BCUT2D eigenvalue weighted by Gasteiger charge is 2.37. The number of carbonyl (C=O) groups excluding carboxylic acids is 2. The molecular weight excluding hydrogens is 438 g/mol.